The topological polar surface area (TPSA) is 142 Å². The summed E-state index contributed by atoms with van der Waals surface area (Å²) in [6.07, 6.45) is 8.15. The van der Waals surface area contributed by atoms with Gasteiger partial charge in [-0.25, -0.2) is 9.97 Å². The monoisotopic (exact) mass is 650 g/mol. The van der Waals surface area contributed by atoms with E-state index in [1.165, 1.54) is 23.6 Å². The first-order chi connectivity index (χ1) is 23.4. The zero-order valence-electron chi connectivity index (χ0n) is 26.8. The molecule has 1 N–H and O–H groups in total. The molecule has 12 heteroatoms. The number of hydrogen-bond acceptors (Lipinski definition) is 8. The Morgan fingerprint density at radius 1 is 0.896 bits per heavy atom. The molecule has 1 saturated heterocycles. The zero-order chi connectivity index (χ0) is 33.4. The lowest BCUT2D eigenvalue weighted by Crippen LogP contribution is -2.51. The van der Waals surface area contributed by atoms with Crippen LogP contribution in [0.1, 0.15) is 80.3 Å². The molecule has 4 aliphatic rings. The third-order valence-corrected chi connectivity index (χ3v) is 10.2. The number of amides is 5. The Hall–Kier alpha value is -5.13. The predicted octanol–water partition coefficient (Wildman–Crippen LogP) is 3.04. The van der Waals surface area contributed by atoms with Gasteiger partial charge in [0.05, 0.1) is 35.8 Å². The Labute approximate surface area is 278 Å². The summed E-state index contributed by atoms with van der Waals surface area (Å²) in [6.45, 7) is 1.19. The van der Waals surface area contributed by atoms with Crippen LogP contribution in [0.2, 0.25) is 0 Å². The van der Waals surface area contributed by atoms with Gasteiger partial charge >= 0.3 is 0 Å². The molecule has 3 aromatic rings. The maximum absolute atomic E-state index is 14.5. The fraction of sp³-hybridized carbons (Fsp3) is 0.417. The summed E-state index contributed by atoms with van der Waals surface area (Å²) in [5.74, 6) is -1.65. The average molecular weight is 651 g/mol. The van der Waals surface area contributed by atoms with E-state index in [1.807, 2.05) is 18.2 Å². The van der Waals surface area contributed by atoms with Crippen molar-refractivity contribution in [3.8, 4) is 5.75 Å². The molecule has 2 fully saturated rings. The van der Waals surface area contributed by atoms with Gasteiger partial charge in [-0.2, -0.15) is 0 Å². The van der Waals surface area contributed by atoms with Crippen LogP contribution in [-0.4, -0.2) is 93.5 Å². The van der Waals surface area contributed by atoms with Gasteiger partial charge in [0.2, 0.25) is 11.8 Å². The number of likely N-dealkylation sites (tertiary alicyclic amines) is 1. The van der Waals surface area contributed by atoms with E-state index >= 15 is 0 Å². The Morgan fingerprint density at radius 2 is 1.60 bits per heavy atom. The molecule has 1 saturated carbocycles. The van der Waals surface area contributed by atoms with Crippen LogP contribution in [0, 0.1) is 11.8 Å². The first-order valence-corrected chi connectivity index (χ1v) is 16.7. The number of nitrogens with zero attached hydrogens (tertiary/aromatic N) is 5. The summed E-state index contributed by atoms with van der Waals surface area (Å²) in [4.78, 5) is 80.4. The number of benzene rings is 2. The van der Waals surface area contributed by atoms with Crippen molar-refractivity contribution >= 4 is 29.5 Å². The van der Waals surface area contributed by atoms with Crippen LogP contribution in [0.4, 0.5) is 0 Å². The highest BCUT2D eigenvalue weighted by atomic mass is 16.5. The number of rotatable bonds is 7. The largest absolute Gasteiger partial charge is 0.488 e. The number of carbonyl (C=O) groups is 5. The van der Waals surface area contributed by atoms with E-state index in [1.54, 1.807) is 41.1 Å². The number of ether oxygens (including phenoxy) is 1. The lowest BCUT2D eigenvalue weighted by atomic mass is 9.77. The van der Waals surface area contributed by atoms with Gasteiger partial charge in [0.1, 0.15) is 18.2 Å². The van der Waals surface area contributed by atoms with E-state index in [0.717, 1.165) is 24.0 Å². The molecule has 248 valence electrons. The van der Waals surface area contributed by atoms with Gasteiger partial charge in [-0.15, -0.1) is 0 Å². The predicted molar refractivity (Wildman–Crippen MR) is 173 cm³/mol. The number of nitrogens with one attached hydrogen (secondary N) is 1. The minimum absolute atomic E-state index is 0.0495. The molecule has 48 heavy (non-hydrogen) atoms. The second-order valence-corrected chi connectivity index (χ2v) is 12.9. The molecule has 3 aliphatic heterocycles. The molecular formula is C36H38N6O6. The summed E-state index contributed by atoms with van der Waals surface area (Å²) in [5, 5.41) is 2.74. The van der Waals surface area contributed by atoms with Crippen molar-refractivity contribution in [3.05, 3.63) is 89.0 Å². The van der Waals surface area contributed by atoms with Crippen molar-refractivity contribution in [2.45, 2.75) is 50.7 Å². The van der Waals surface area contributed by atoms with Gasteiger partial charge in [0.25, 0.3) is 17.7 Å². The summed E-state index contributed by atoms with van der Waals surface area (Å²) >= 11 is 0. The van der Waals surface area contributed by atoms with Crippen LogP contribution in [-0.2, 0) is 16.0 Å². The first kappa shape index (κ1) is 31.5. The third-order valence-electron chi connectivity index (χ3n) is 10.2. The quantitative estimate of drug-likeness (QED) is 0.385. The number of fused-ring (bicyclic) bond motifs is 2. The fourth-order valence-electron chi connectivity index (χ4n) is 7.79. The van der Waals surface area contributed by atoms with Crippen molar-refractivity contribution in [2.24, 2.45) is 11.8 Å². The van der Waals surface area contributed by atoms with Gasteiger partial charge in [0, 0.05) is 56.4 Å². The highest BCUT2D eigenvalue weighted by Crippen LogP contribution is 2.42. The number of hydrogen-bond donors (Lipinski definition) is 1. The van der Waals surface area contributed by atoms with Crippen LogP contribution in [0.3, 0.4) is 0 Å². The third kappa shape index (κ3) is 5.69. The summed E-state index contributed by atoms with van der Waals surface area (Å²) in [5.41, 5.74) is 2.81. The van der Waals surface area contributed by atoms with E-state index in [4.69, 9.17) is 4.74 Å². The molecule has 2 aromatic carbocycles. The molecule has 0 spiro atoms. The molecule has 1 aromatic heterocycles. The average Bonchev–Trinajstić information content (AvgIpc) is 3.69. The van der Waals surface area contributed by atoms with Crippen molar-refractivity contribution in [2.75, 3.05) is 33.2 Å². The maximum atomic E-state index is 14.5. The summed E-state index contributed by atoms with van der Waals surface area (Å²) in [7, 11) is 1.59. The molecule has 0 bridgehead atoms. The Kier molecular flexibility index (Phi) is 8.63. The smallest absolute Gasteiger partial charge is 0.261 e. The minimum Gasteiger partial charge on any atom is -0.488 e. The first-order valence-electron chi connectivity index (χ1n) is 16.7. The highest BCUT2D eigenvalue weighted by Gasteiger charge is 2.45. The van der Waals surface area contributed by atoms with Gasteiger partial charge in [-0.3, -0.25) is 28.9 Å². The molecule has 4 atom stereocenters. The van der Waals surface area contributed by atoms with Crippen LogP contribution >= 0.6 is 0 Å². The van der Waals surface area contributed by atoms with E-state index in [0.29, 0.717) is 67.8 Å². The summed E-state index contributed by atoms with van der Waals surface area (Å²) < 4.78 is 6.63. The number of aromatic nitrogens is 2. The van der Waals surface area contributed by atoms with Gasteiger partial charge in [-0.05, 0) is 43.0 Å². The molecule has 0 radical (unpaired) electrons. The fourth-order valence-corrected chi connectivity index (χ4v) is 7.79. The molecule has 5 amide bonds. The highest BCUT2D eigenvalue weighted by molar-refractivity contribution is 6.21. The molecule has 4 heterocycles. The second kappa shape index (κ2) is 13.2. The zero-order valence-corrected chi connectivity index (χ0v) is 26.8. The molecule has 12 nitrogen and oxygen atoms in total. The van der Waals surface area contributed by atoms with E-state index in [2.05, 4.69) is 15.3 Å². The van der Waals surface area contributed by atoms with E-state index < -0.39 is 29.7 Å². The van der Waals surface area contributed by atoms with Crippen LogP contribution in [0.5, 0.6) is 5.75 Å². The Balaban J connectivity index is 1.21. The maximum Gasteiger partial charge on any atom is 0.261 e. The molecule has 1 aliphatic carbocycles. The Bertz CT molecular complexity index is 1730. The molecular weight excluding hydrogens is 612 g/mol. The van der Waals surface area contributed by atoms with Gasteiger partial charge in [-0.1, -0.05) is 37.1 Å². The van der Waals surface area contributed by atoms with Crippen LogP contribution in [0.15, 0.2) is 61.2 Å². The number of imide groups is 1. The van der Waals surface area contributed by atoms with Crippen LogP contribution in [0.25, 0.3) is 0 Å². The van der Waals surface area contributed by atoms with Gasteiger partial charge in [0.15, 0.2) is 0 Å². The van der Waals surface area contributed by atoms with Crippen molar-refractivity contribution in [1.29, 1.82) is 0 Å². The van der Waals surface area contributed by atoms with Gasteiger partial charge < -0.3 is 19.9 Å². The standard InChI is InChI=1S/C36H38N6O6/c1-37-32(43)25-8-2-3-9-26(25)34(45)41-16-13-22-7-6-12-30(48-24-14-15-40(19-24)33(44)23-17-38-21-39-18-23)31(22)29(41)20-42-35(46)27-10-4-5-11-28(27)36(42)47/h4-7,10-12,17-18,21,24-26,29H,2-3,8-9,13-16,19-20H2,1H3,(H,37,43)/t24?,25?,26?,29-/m1/s1. The molecule has 3 unspecified atom stereocenters. The number of carbonyl (C=O) groups excluding carboxylic acids is 5. The van der Waals surface area contributed by atoms with Crippen molar-refractivity contribution in [1.82, 2.24) is 30.0 Å². The normalized spacial score (nSPS) is 23.5. The lowest BCUT2D eigenvalue weighted by molar-refractivity contribution is -0.146. The van der Waals surface area contributed by atoms with Crippen molar-refractivity contribution < 1.29 is 28.7 Å². The van der Waals surface area contributed by atoms with E-state index in [9.17, 15) is 24.0 Å². The minimum atomic E-state index is -0.687. The lowest BCUT2D eigenvalue weighted by Gasteiger charge is -2.43. The Morgan fingerprint density at radius 3 is 2.31 bits per heavy atom. The molecule has 7 rings (SSSR count). The SMILES string of the molecule is CNC(=O)C1CCCCC1C(=O)N1CCc2cccc(OC3CCN(C(=O)c4cncnc4)C3)c2[C@H]1CN1C(=O)c2ccccc2C1=O. The summed E-state index contributed by atoms with van der Waals surface area (Å²) in [6, 6.07) is 11.8. The van der Waals surface area contributed by atoms with E-state index in [-0.39, 0.29) is 30.4 Å². The second-order valence-electron chi connectivity index (χ2n) is 12.9. The van der Waals surface area contributed by atoms with Crippen LogP contribution < -0.4 is 10.1 Å². The van der Waals surface area contributed by atoms with Crippen molar-refractivity contribution in [3.63, 3.8) is 0 Å².